The van der Waals surface area contributed by atoms with Gasteiger partial charge in [-0.2, -0.15) is 0 Å². The van der Waals surface area contributed by atoms with E-state index in [0.29, 0.717) is 10.8 Å². The van der Waals surface area contributed by atoms with Crippen molar-refractivity contribution in [1.29, 1.82) is 0 Å². The lowest BCUT2D eigenvalue weighted by atomic mass is 9.83. The summed E-state index contributed by atoms with van der Waals surface area (Å²) in [6, 6.07) is 6.85. The zero-order chi connectivity index (χ0) is 15.3. The molecule has 1 aromatic carbocycles. The minimum absolute atomic E-state index is 0.118. The van der Waals surface area contributed by atoms with Crippen LogP contribution in [-0.2, 0) is 9.84 Å². The molecule has 0 spiro atoms. The van der Waals surface area contributed by atoms with Crippen molar-refractivity contribution in [3.63, 3.8) is 0 Å². The van der Waals surface area contributed by atoms with Crippen LogP contribution in [0, 0.1) is 5.92 Å². The molecule has 2 atom stereocenters. The van der Waals surface area contributed by atoms with Gasteiger partial charge in [-0.05, 0) is 55.9 Å². The van der Waals surface area contributed by atoms with Crippen molar-refractivity contribution < 1.29 is 13.5 Å². The minimum atomic E-state index is -3.12. The van der Waals surface area contributed by atoms with Gasteiger partial charge in [-0.25, -0.2) is 8.42 Å². The molecule has 0 aliphatic heterocycles. The van der Waals surface area contributed by atoms with E-state index in [2.05, 4.69) is 5.32 Å². The highest BCUT2D eigenvalue weighted by Gasteiger charge is 2.22. The third-order valence-electron chi connectivity index (χ3n) is 4.23. The first-order valence-corrected chi connectivity index (χ1v) is 9.58. The molecule has 1 saturated carbocycles. The van der Waals surface area contributed by atoms with E-state index in [1.165, 1.54) is 12.7 Å². The van der Waals surface area contributed by atoms with Gasteiger partial charge in [0.05, 0.1) is 11.0 Å². The van der Waals surface area contributed by atoms with E-state index in [9.17, 15) is 13.5 Å². The van der Waals surface area contributed by atoms with E-state index in [1.807, 2.05) is 0 Å². The number of nitrogens with one attached hydrogen (secondary N) is 1. The second-order valence-electron chi connectivity index (χ2n) is 5.98. The molecule has 0 heterocycles. The Bertz CT molecular complexity index is 539. The molecule has 0 bridgehead atoms. The molecular formula is C16H25NO3S. The van der Waals surface area contributed by atoms with Crippen LogP contribution in [0.25, 0.3) is 0 Å². The maximum absolute atomic E-state index is 11.4. The number of benzene rings is 1. The van der Waals surface area contributed by atoms with Crippen LogP contribution in [0.5, 0.6) is 0 Å². The summed E-state index contributed by atoms with van der Waals surface area (Å²) < 4.78 is 22.7. The van der Waals surface area contributed by atoms with E-state index in [-0.39, 0.29) is 6.10 Å². The highest BCUT2D eigenvalue weighted by molar-refractivity contribution is 7.90. The normalized spacial score (nSPS) is 23.0. The van der Waals surface area contributed by atoms with Gasteiger partial charge >= 0.3 is 0 Å². The summed E-state index contributed by atoms with van der Waals surface area (Å²) in [4.78, 5) is 0.346. The van der Waals surface area contributed by atoms with Crippen LogP contribution in [0.15, 0.2) is 29.2 Å². The Morgan fingerprint density at radius 3 is 2.48 bits per heavy atom. The first-order chi connectivity index (χ1) is 9.97. The van der Waals surface area contributed by atoms with Crippen LogP contribution in [0.4, 0.5) is 5.69 Å². The van der Waals surface area contributed by atoms with E-state index < -0.39 is 9.84 Å². The first-order valence-electron chi connectivity index (χ1n) is 7.69. The van der Waals surface area contributed by atoms with Crippen molar-refractivity contribution in [3.05, 3.63) is 24.3 Å². The maximum atomic E-state index is 11.4. The third-order valence-corrected chi connectivity index (χ3v) is 5.36. The molecule has 1 aliphatic rings. The molecule has 0 saturated heterocycles. The summed E-state index contributed by atoms with van der Waals surface area (Å²) >= 11 is 0. The Morgan fingerprint density at radius 2 is 1.86 bits per heavy atom. The van der Waals surface area contributed by atoms with Crippen molar-refractivity contribution >= 4 is 15.5 Å². The average molecular weight is 311 g/mol. The molecule has 0 radical (unpaired) electrons. The van der Waals surface area contributed by atoms with Crippen LogP contribution in [0.1, 0.15) is 38.5 Å². The lowest BCUT2D eigenvalue weighted by molar-refractivity contribution is 0.0648. The van der Waals surface area contributed by atoms with Crippen LogP contribution in [-0.4, -0.2) is 32.4 Å². The smallest absolute Gasteiger partial charge is 0.175 e. The molecule has 2 rings (SSSR count). The Labute approximate surface area is 127 Å². The molecule has 2 unspecified atom stereocenters. The standard InChI is InChI=1S/C16H25NO3S/c1-21(19,20)15-10-8-14(9-11-15)17-12-4-6-13-5-2-3-7-16(13)18/h8-11,13,16-18H,2-7,12H2,1H3. The van der Waals surface area contributed by atoms with E-state index in [0.717, 1.165) is 44.3 Å². The number of hydrogen-bond acceptors (Lipinski definition) is 4. The van der Waals surface area contributed by atoms with Crippen LogP contribution >= 0.6 is 0 Å². The summed E-state index contributed by atoms with van der Waals surface area (Å²) in [6.45, 7) is 0.849. The number of sulfone groups is 1. The van der Waals surface area contributed by atoms with Gasteiger partial charge in [0.2, 0.25) is 0 Å². The Kier molecular flexibility index (Phi) is 5.65. The largest absolute Gasteiger partial charge is 0.393 e. The minimum Gasteiger partial charge on any atom is -0.393 e. The van der Waals surface area contributed by atoms with Crippen molar-refractivity contribution in [2.75, 3.05) is 18.1 Å². The molecule has 1 fully saturated rings. The fraction of sp³-hybridized carbons (Fsp3) is 0.625. The number of rotatable bonds is 6. The zero-order valence-corrected chi connectivity index (χ0v) is 13.4. The summed E-state index contributed by atoms with van der Waals surface area (Å²) in [5.41, 5.74) is 0.937. The highest BCUT2D eigenvalue weighted by Crippen LogP contribution is 2.27. The van der Waals surface area contributed by atoms with Gasteiger partial charge in [-0.3, -0.25) is 0 Å². The van der Waals surface area contributed by atoms with E-state index >= 15 is 0 Å². The third kappa shape index (κ3) is 5.00. The predicted octanol–water partition coefficient (Wildman–Crippen LogP) is 2.83. The highest BCUT2D eigenvalue weighted by atomic mass is 32.2. The number of aliphatic hydroxyl groups is 1. The number of aliphatic hydroxyl groups excluding tert-OH is 1. The molecule has 5 heteroatoms. The van der Waals surface area contributed by atoms with Crippen LogP contribution < -0.4 is 5.32 Å². The molecule has 21 heavy (non-hydrogen) atoms. The fourth-order valence-corrected chi connectivity index (χ4v) is 3.57. The van der Waals surface area contributed by atoms with Crippen molar-refractivity contribution in [2.24, 2.45) is 5.92 Å². The Morgan fingerprint density at radius 1 is 1.19 bits per heavy atom. The Hall–Kier alpha value is -1.07. The van der Waals surface area contributed by atoms with Crippen molar-refractivity contribution in [1.82, 2.24) is 0 Å². The average Bonchev–Trinajstić information content (AvgIpc) is 2.45. The van der Waals surface area contributed by atoms with Crippen molar-refractivity contribution in [2.45, 2.75) is 49.5 Å². The molecule has 118 valence electrons. The topological polar surface area (TPSA) is 66.4 Å². The second-order valence-corrected chi connectivity index (χ2v) is 7.99. The summed E-state index contributed by atoms with van der Waals surface area (Å²) in [5, 5.41) is 13.2. The first kappa shape index (κ1) is 16.3. The molecule has 0 amide bonds. The molecule has 2 N–H and O–H groups in total. The lowest BCUT2D eigenvalue weighted by Gasteiger charge is -2.27. The van der Waals surface area contributed by atoms with Gasteiger partial charge in [0.1, 0.15) is 0 Å². The molecular weight excluding hydrogens is 286 g/mol. The van der Waals surface area contributed by atoms with Crippen LogP contribution in [0.3, 0.4) is 0 Å². The molecule has 4 nitrogen and oxygen atoms in total. The molecule has 1 aromatic rings. The zero-order valence-electron chi connectivity index (χ0n) is 12.6. The Balaban J connectivity index is 1.73. The predicted molar refractivity (Wildman–Crippen MR) is 85.2 cm³/mol. The van der Waals surface area contributed by atoms with Gasteiger partial charge in [-0.15, -0.1) is 0 Å². The molecule has 0 aromatic heterocycles. The second kappa shape index (κ2) is 7.27. The summed E-state index contributed by atoms with van der Waals surface area (Å²) in [6.07, 6.45) is 7.66. The van der Waals surface area contributed by atoms with E-state index in [1.54, 1.807) is 24.3 Å². The fourth-order valence-electron chi connectivity index (χ4n) is 2.94. The van der Waals surface area contributed by atoms with Gasteiger partial charge < -0.3 is 10.4 Å². The maximum Gasteiger partial charge on any atom is 0.175 e. The monoisotopic (exact) mass is 311 g/mol. The van der Waals surface area contributed by atoms with E-state index in [4.69, 9.17) is 0 Å². The SMILES string of the molecule is CS(=O)(=O)c1ccc(NCCCC2CCCCC2O)cc1. The number of anilines is 1. The van der Waals surface area contributed by atoms with Gasteiger partial charge in [0.25, 0.3) is 0 Å². The lowest BCUT2D eigenvalue weighted by Crippen LogP contribution is -2.24. The van der Waals surface area contributed by atoms with Crippen LogP contribution in [0.2, 0.25) is 0 Å². The van der Waals surface area contributed by atoms with Gasteiger partial charge in [-0.1, -0.05) is 12.8 Å². The van der Waals surface area contributed by atoms with Gasteiger partial charge in [0, 0.05) is 18.5 Å². The van der Waals surface area contributed by atoms with Gasteiger partial charge in [0.15, 0.2) is 9.84 Å². The number of hydrogen-bond donors (Lipinski definition) is 2. The molecule has 1 aliphatic carbocycles. The van der Waals surface area contributed by atoms with Crippen molar-refractivity contribution in [3.8, 4) is 0 Å². The quantitative estimate of drug-likeness (QED) is 0.793. The summed E-state index contributed by atoms with van der Waals surface area (Å²) in [7, 11) is -3.12. The summed E-state index contributed by atoms with van der Waals surface area (Å²) in [5.74, 6) is 0.452.